The molecule has 0 aromatic heterocycles. The fourth-order valence-electron chi connectivity index (χ4n) is 4.13. The van der Waals surface area contributed by atoms with Gasteiger partial charge in [-0.15, -0.1) is 0 Å². The van der Waals surface area contributed by atoms with Crippen molar-refractivity contribution in [2.24, 2.45) is 0 Å². The molecule has 2 aliphatic rings. The minimum atomic E-state index is 0.403. The summed E-state index contributed by atoms with van der Waals surface area (Å²) in [6.07, 6.45) is 1.13. The zero-order valence-electron chi connectivity index (χ0n) is 13.9. The van der Waals surface area contributed by atoms with E-state index in [0.717, 1.165) is 32.6 Å². The fourth-order valence-corrected chi connectivity index (χ4v) is 4.44. The first-order valence-corrected chi connectivity index (χ1v) is 9.35. The summed E-state index contributed by atoms with van der Waals surface area (Å²) < 4.78 is 0. The zero-order valence-corrected chi connectivity index (χ0v) is 15.4. The van der Waals surface area contributed by atoms with Gasteiger partial charge < -0.3 is 4.90 Å². The van der Waals surface area contributed by atoms with Crippen LogP contribution in [0, 0.1) is 0 Å². The third-order valence-corrected chi connectivity index (χ3v) is 6.25. The lowest BCUT2D eigenvalue weighted by molar-refractivity contribution is 0.110. The van der Waals surface area contributed by atoms with Crippen LogP contribution >= 0.6 is 23.2 Å². The third-order valence-electron chi connectivity index (χ3n) is 5.51. The number of rotatable bonds is 2. The van der Waals surface area contributed by atoms with E-state index in [2.05, 4.69) is 47.2 Å². The van der Waals surface area contributed by atoms with Gasteiger partial charge in [-0.05, 0) is 42.3 Å². The summed E-state index contributed by atoms with van der Waals surface area (Å²) in [5, 5.41) is 1.28. The predicted molar refractivity (Wildman–Crippen MR) is 101 cm³/mol. The van der Waals surface area contributed by atoms with Crippen LogP contribution in [0.25, 0.3) is 0 Å². The molecule has 0 radical (unpaired) electrons. The Balaban J connectivity index is 1.67. The van der Waals surface area contributed by atoms with Crippen molar-refractivity contribution in [1.29, 1.82) is 0 Å². The summed E-state index contributed by atoms with van der Waals surface area (Å²) in [5.41, 5.74) is 4.20. The van der Waals surface area contributed by atoms with Crippen LogP contribution in [0.5, 0.6) is 0 Å². The Hall–Kier alpha value is -1.06. The molecule has 24 heavy (non-hydrogen) atoms. The molecule has 2 aromatic rings. The average Bonchev–Trinajstić information content (AvgIpc) is 2.98. The SMILES string of the molecule is CN1CCN([C@@H]2C[C@@H](c3ccc(Cl)c(Cl)c3)c3ccccc32)CC1. The minimum Gasteiger partial charge on any atom is -0.304 e. The van der Waals surface area contributed by atoms with Gasteiger partial charge in [-0.25, -0.2) is 0 Å². The van der Waals surface area contributed by atoms with Gasteiger partial charge in [-0.1, -0.05) is 53.5 Å². The molecule has 0 unspecified atom stereocenters. The van der Waals surface area contributed by atoms with Crippen LogP contribution in [0.15, 0.2) is 42.5 Å². The lowest BCUT2D eigenvalue weighted by atomic mass is 9.93. The Labute approximate surface area is 154 Å². The van der Waals surface area contributed by atoms with Crippen LogP contribution in [0.2, 0.25) is 10.0 Å². The van der Waals surface area contributed by atoms with Gasteiger partial charge in [0.05, 0.1) is 10.0 Å². The molecule has 0 amide bonds. The van der Waals surface area contributed by atoms with E-state index in [-0.39, 0.29) is 0 Å². The summed E-state index contributed by atoms with van der Waals surface area (Å²) in [6, 6.07) is 15.5. The number of benzene rings is 2. The minimum absolute atomic E-state index is 0.403. The number of hydrogen-bond acceptors (Lipinski definition) is 2. The molecule has 1 aliphatic carbocycles. The second-order valence-corrected chi connectivity index (χ2v) is 7.76. The highest BCUT2D eigenvalue weighted by Crippen LogP contribution is 2.47. The third kappa shape index (κ3) is 2.97. The van der Waals surface area contributed by atoms with Crippen molar-refractivity contribution in [3.8, 4) is 0 Å². The van der Waals surface area contributed by atoms with Gasteiger partial charge in [0.25, 0.3) is 0 Å². The highest BCUT2D eigenvalue weighted by molar-refractivity contribution is 6.42. The molecule has 4 rings (SSSR count). The van der Waals surface area contributed by atoms with Crippen LogP contribution in [0.1, 0.15) is 35.1 Å². The fraction of sp³-hybridized carbons (Fsp3) is 0.400. The number of fused-ring (bicyclic) bond motifs is 1. The standard InChI is InChI=1S/C20H22Cl2N2/c1-23-8-10-24(11-9-23)20-13-17(15-4-2-3-5-16(15)20)14-6-7-18(21)19(22)12-14/h2-7,12,17,20H,8-11,13H2,1H3/t17-,20+/m0/s1. The number of nitrogens with zero attached hydrogens (tertiary/aromatic N) is 2. The molecule has 0 spiro atoms. The van der Waals surface area contributed by atoms with E-state index in [1.807, 2.05) is 12.1 Å². The molecular weight excluding hydrogens is 339 g/mol. The Morgan fingerprint density at radius 3 is 2.29 bits per heavy atom. The highest BCUT2D eigenvalue weighted by Gasteiger charge is 2.36. The van der Waals surface area contributed by atoms with Crippen molar-refractivity contribution < 1.29 is 0 Å². The summed E-state index contributed by atoms with van der Waals surface area (Å²) in [4.78, 5) is 5.06. The lowest BCUT2D eigenvalue weighted by Crippen LogP contribution is -2.45. The van der Waals surface area contributed by atoms with E-state index in [4.69, 9.17) is 23.2 Å². The Morgan fingerprint density at radius 1 is 0.875 bits per heavy atom. The molecule has 1 saturated heterocycles. The molecule has 1 heterocycles. The van der Waals surface area contributed by atoms with Gasteiger partial charge in [0.15, 0.2) is 0 Å². The summed E-state index contributed by atoms with van der Waals surface area (Å²) in [7, 11) is 2.21. The number of halogens is 2. The second kappa shape index (κ2) is 6.68. The molecule has 126 valence electrons. The summed E-state index contributed by atoms with van der Waals surface area (Å²) >= 11 is 12.4. The van der Waals surface area contributed by atoms with E-state index in [1.165, 1.54) is 16.7 Å². The smallest absolute Gasteiger partial charge is 0.0595 e. The average molecular weight is 361 g/mol. The monoisotopic (exact) mass is 360 g/mol. The molecule has 4 heteroatoms. The Bertz CT molecular complexity index is 738. The van der Waals surface area contributed by atoms with E-state index >= 15 is 0 Å². The number of piperazine rings is 1. The molecule has 1 fully saturated rings. The molecule has 2 atom stereocenters. The van der Waals surface area contributed by atoms with Crippen LogP contribution in [0.3, 0.4) is 0 Å². The predicted octanol–water partition coefficient (Wildman–Crippen LogP) is 4.82. The van der Waals surface area contributed by atoms with Gasteiger partial charge in [-0.2, -0.15) is 0 Å². The molecular formula is C20H22Cl2N2. The molecule has 0 saturated carbocycles. The topological polar surface area (TPSA) is 6.48 Å². The van der Waals surface area contributed by atoms with Gasteiger partial charge in [0.1, 0.15) is 0 Å². The van der Waals surface area contributed by atoms with E-state index < -0.39 is 0 Å². The largest absolute Gasteiger partial charge is 0.304 e. The van der Waals surface area contributed by atoms with Crippen molar-refractivity contribution in [2.45, 2.75) is 18.4 Å². The molecule has 2 nitrogen and oxygen atoms in total. The lowest BCUT2D eigenvalue weighted by Gasteiger charge is -2.37. The second-order valence-electron chi connectivity index (χ2n) is 6.95. The van der Waals surface area contributed by atoms with Crippen LogP contribution < -0.4 is 0 Å². The maximum absolute atomic E-state index is 6.27. The van der Waals surface area contributed by atoms with Gasteiger partial charge in [0, 0.05) is 38.1 Å². The molecule has 2 aromatic carbocycles. The zero-order chi connectivity index (χ0) is 16.7. The Kier molecular flexibility index (Phi) is 4.57. The van der Waals surface area contributed by atoms with Crippen LogP contribution in [-0.2, 0) is 0 Å². The molecule has 0 N–H and O–H groups in total. The van der Waals surface area contributed by atoms with E-state index in [1.54, 1.807) is 0 Å². The number of hydrogen-bond donors (Lipinski definition) is 0. The van der Waals surface area contributed by atoms with Crippen molar-refractivity contribution in [2.75, 3.05) is 33.2 Å². The maximum atomic E-state index is 6.27. The first-order valence-electron chi connectivity index (χ1n) is 8.60. The maximum Gasteiger partial charge on any atom is 0.0595 e. The molecule has 1 aliphatic heterocycles. The summed E-state index contributed by atoms with van der Waals surface area (Å²) in [6.45, 7) is 4.58. The first-order chi connectivity index (χ1) is 11.6. The normalized spacial score (nSPS) is 25.0. The van der Waals surface area contributed by atoms with Crippen LogP contribution in [0.4, 0.5) is 0 Å². The quantitative estimate of drug-likeness (QED) is 0.757. The number of likely N-dealkylation sites (N-methyl/N-ethyl adjacent to an activating group) is 1. The van der Waals surface area contributed by atoms with Crippen LogP contribution in [-0.4, -0.2) is 43.0 Å². The van der Waals surface area contributed by atoms with Crippen molar-refractivity contribution in [3.63, 3.8) is 0 Å². The van der Waals surface area contributed by atoms with Crippen molar-refractivity contribution in [3.05, 3.63) is 69.2 Å². The van der Waals surface area contributed by atoms with Gasteiger partial charge in [-0.3, -0.25) is 4.90 Å². The van der Waals surface area contributed by atoms with E-state index in [9.17, 15) is 0 Å². The van der Waals surface area contributed by atoms with Crippen molar-refractivity contribution in [1.82, 2.24) is 9.80 Å². The van der Waals surface area contributed by atoms with Gasteiger partial charge in [0.2, 0.25) is 0 Å². The van der Waals surface area contributed by atoms with Crippen molar-refractivity contribution >= 4 is 23.2 Å². The Morgan fingerprint density at radius 2 is 1.58 bits per heavy atom. The summed E-state index contributed by atoms with van der Waals surface area (Å²) in [5.74, 6) is 0.403. The first kappa shape index (κ1) is 16.4. The highest BCUT2D eigenvalue weighted by atomic mass is 35.5. The van der Waals surface area contributed by atoms with Gasteiger partial charge >= 0.3 is 0 Å². The van der Waals surface area contributed by atoms with E-state index in [0.29, 0.717) is 22.0 Å². The molecule has 0 bridgehead atoms.